The third-order valence-corrected chi connectivity index (χ3v) is 13.7. The smallest absolute Gasteiger partial charge is 0.416 e. The van der Waals surface area contributed by atoms with Crippen molar-refractivity contribution in [3.05, 3.63) is 154 Å². The third-order valence-electron chi connectivity index (χ3n) is 13.7. The van der Waals surface area contributed by atoms with Gasteiger partial charge in [-0.05, 0) is 129 Å². The zero-order valence-corrected chi connectivity index (χ0v) is 41.2. The van der Waals surface area contributed by atoms with Crippen molar-refractivity contribution in [2.24, 2.45) is 22.9 Å². The maximum atomic E-state index is 15.4. The van der Waals surface area contributed by atoms with Gasteiger partial charge >= 0.3 is 6.09 Å². The summed E-state index contributed by atoms with van der Waals surface area (Å²) < 4.78 is 32.8. The third kappa shape index (κ3) is 11.0. The number of hydrogen-bond donors (Lipinski definition) is 2. The van der Waals surface area contributed by atoms with Crippen LogP contribution in [0.4, 0.5) is 10.5 Å². The quantitative estimate of drug-likeness (QED) is 0.0233. The van der Waals surface area contributed by atoms with Crippen molar-refractivity contribution >= 4 is 34.6 Å². The topological polar surface area (TPSA) is 189 Å². The van der Waals surface area contributed by atoms with Crippen LogP contribution in [0.15, 0.2) is 133 Å². The predicted octanol–water partition coefficient (Wildman–Crippen LogP) is 11.5. The molecule has 3 aliphatic rings. The molecule has 1 fully saturated rings. The van der Waals surface area contributed by atoms with Gasteiger partial charge in [0.15, 0.2) is 6.29 Å². The van der Waals surface area contributed by atoms with Crippen LogP contribution in [0.3, 0.4) is 0 Å². The van der Waals surface area contributed by atoms with E-state index in [1.807, 2.05) is 75.4 Å². The van der Waals surface area contributed by atoms with E-state index in [2.05, 4.69) is 12.7 Å². The van der Waals surface area contributed by atoms with Crippen LogP contribution in [0.1, 0.15) is 93.1 Å². The number of aldehydes is 1. The fourth-order valence-corrected chi connectivity index (χ4v) is 10.6. The molecule has 0 spiro atoms. The summed E-state index contributed by atoms with van der Waals surface area (Å²) in [6.45, 7) is 9.93. The highest BCUT2D eigenvalue weighted by Crippen LogP contribution is 2.62. The molecule has 2 N–H and O–H groups in total. The monoisotopic (exact) mass is 981 g/mol. The number of unbranched alkanes of at least 4 members (excludes halogenated alkanes) is 2. The lowest BCUT2D eigenvalue weighted by atomic mass is 9.55. The van der Waals surface area contributed by atoms with Crippen molar-refractivity contribution in [2.75, 3.05) is 26.9 Å². The molecule has 0 saturated heterocycles. The standard InChI is InChI=1S/C57H63N3O12/c1-6-30-68-57-52(59(35-39-17-13-16-37-14-7-8-18-45(37)39)55(64)70-42-22-20-41(21-23-42)60(65)66)34-49(58-72-56(2,3)4)47-32-38(15-9-11-28-61)46(19-10-12-29-62)53(54(47)57)48-33-44(25-27-51(48)71-57)69-43-24-26-50(67-5)40(31-43)36-63/h6-8,13-14,16-18,20-27,31-33,36,38,46,52-54,61-62H,1,9-12,15,19,28-30,34-35H2,2-5H3. The van der Waals surface area contributed by atoms with Crippen molar-refractivity contribution in [1.82, 2.24) is 4.90 Å². The molecule has 378 valence electrons. The number of nitro benzene ring substituents is 1. The molecule has 1 aliphatic heterocycles. The Labute approximate surface area is 419 Å². The van der Waals surface area contributed by atoms with Gasteiger partial charge < -0.3 is 38.7 Å². The van der Waals surface area contributed by atoms with Gasteiger partial charge in [0.1, 0.15) is 40.4 Å². The second-order valence-electron chi connectivity index (χ2n) is 19.5. The van der Waals surface area contributed by atoms with Crippen molar-refractivity contribution in [2.45, 2.75) is 95.6 Å². The molecule has 1 saturated carbocycles. The van der Waals surface area contributed by atoms with E-state index in [1.165, 1.54) is 31.4 Å². The Morgan fingerprint density at radius 3 is 2.35 bits per heavy atom. The van der Waals surface area contributed by atoms with Crippen LogP contribution in [0.5, 0.6) is 28.7 Å². The number of nitro groups is 1. The van der Waals surface area contributed by atoms with E-state index in [0.717, 1.165) is 40.3 Å². The minimum atomic E-state index is -1.64. The molecule has 5 aromatic rings. The number of ether oxygens (including phenoxy) is 5. The van der Waals surface area contributed by atoms with Crippen molar-refractivity contribution in [3.63, 3.8) is 0 Å². The molecule has 1 heterocycles. The number of rotatable bonds is 21. The minimum absolute atomic E-state index is 0.0226. The summed E-state index contributed by atoms with van der Waals surface area (Å²) in [7, 11) is 1.50. The molecule has 0 radical (unpaired) electrons. The Balaban J connectivity index is 1.37. The van der Waals surface area contributed by atoms with E-state index < -0.39 is 34.4 Å². The van der Waals surface area contributed by atoms with Crippen LogP contribution in [-0.4, -0.2) is 82.5 Å². The van der Waals surface area contributed by atoms with E-state index >= 15 is 4.79 Å². The zero-order valence-electron chi connectivity index (χ0n) is 41.2. The molecule has 8 rings (SSSR count). The Morgan fingerprint density at radius 2 is 1.64 bits per heavy atom. The number of amides is 1. The second kappa shape index (κ2) is 22.6. The number of methoxy groups -OCH3 is 1. The first kappa shape index (κ1) is 51.3. The molecule has 15 heteroatoms. The lowest BCUT2D eigenvalue weighted by Gasteiger charge is -2.60. The number of oxime groups is 1. The molecule has 1 amide bonds. The Morgan fingerprint density at radius 1 is 0.931 bits per heavy atom. The number of benzene rings is 5. The fourth-order valence-electron chi connectivity index (χ4n) is 10.6. The Bertz CT molecular complexity index is 2820. The van der Waals surface area contributed by atoms with Gasteiger partial charge in [0, 0.05) is 43.2 Å². The number of carbonyl (C=O) groups excluding carboxylic acids is 2. The summed E-state index contributed by atoms with van der Waals surface area (Å²) in [6.07, 6.45) is 8.08. The summed E-state index contributed by atoms with van der Waals surface area (Å²) in [5.41, 5.74) is 2.55. The van der Waals surface area contributed by atoms with Gasteiger partial charge in [-0.25, -0.2) is 4.79 Å². The molecular formula is C57H63N3O12. The van der Waals surface area contributed by atoms with Gasteiger partial charge in [0.25, 0.3) is 5.69 Å². The van der Waals surface area contributed by atoms with Crippen LogP contribution in [0, 0.1) is 27.9 Å². The van der Waals surface area contributed by atoms with Crippen LogP contribution >= 0.6 is 0 Å². The lowest BCUT2D eigenvalue weighted by Crippen LogP contribution is -2.70. The van der Waals surface area contributed by atoms with Crippen LogP contribution in [0.25, 0.3) is 10.8 Å². The first-order chi connectivity index (χ1) is 34.8. The first-order valence-corrected chi connectivity index (χ1v) is 24.6. The Kier molecular flexibility index (Phi) is 16.1. The van der Waals surface area contributed by atoms with Gasteiger partial charge in [-0.2, -0.15) is 0 Å². The predicted molar refractivity (Wildman–Crippen MR) is 273 cm³/mol. The average molecular weight is 982 g/mol. The summed E-state index contributed by atoms with van der Waals surface area (Å²) >= 11 is 0. The number of hydrogen-bond acceptors (Lipinski definition) is 13. The lowest BCUT2D eigenvalue weighted by molar-refractivity contribution is -0.384. The number of allylic oxidation sites excluding steroid dienone is 1. The SMILES string of the molecule is C=CCOC12Oc3ccc(Oc4ccc(OC)c(C=O)c4)cc3C3C(CCCCO)C(CCCCO)C=C(C(=NOC(C)(C)C)CC1N(Cc1cccc4ccccc14)C(=O)Oc1ccc([N+](=O)[O-])cc1)C32. The molecular weight excluding hydrogens is 919 g/mol. The van der Waals surface area contributed by atoms with Gasteiger partial charge in [0.05, 0.1) is 42.4 Å². The van der Waals surface area contributed by atoms with Gasteiger partial charge in [-0.1, -0.05) is 72.6 Å². The average Bonchev–Trinajstić information content (AvgIpc) is 3.37. The van der Waals surface area contributed by atoms with Gasteiger partial charge in [-0.3, -0.25) is 19.8 Å². The van der Waals surface area contributed by atoms with Gasteiger partial charge in [0.2, 0.25) is 5.79 Å². The molecule has 15 nitrogen and oxygen atoms in total. The molecule has 6 unspecified atom stereocenters. The highest BCUT2D eigenvalue weighted by molar-refractivity contribution is 6.03. The number of non-ortho nitro benzene ring substituents is 1. The largest absolute Gasteiger partial charge is 0.496 e. The van der Waals surface area contributed by atoms with E-state index in [0.29, 0.717) is 66.2 Å². The fraction of sp³-hybridized carbons (Fsp3) is 0.386. The highest BCUT2D eigenvalue weighted by atomic mass is 16.7. The number of fused-ring (bicyclic) bond motifs is 3. The molecule has 6 atom stereocenters. The van der Waals surface area contributed by atoms with Gasteiger partial charge in [-0.15, -0.1) is 6.58 Å². The normalized spacial score (nSPS) is 21.6. The van der Waals surface area contributed by atoms with Crippen molar-refractivity contribution in [3.8, 4) is 28.7 Å². The molecule has 0 bridgehead atoms. The summed E-state index contributed by atoms with van der Waals surface area (Å²) in [5.74, 6) is -0.867. The summed E-state index contributed by atoms with van der Waals surface area (Å²) in [6, 6.07) is 28.9. The van der Waals surface area contributed by atoms with Crippen LogP contribution in [0.2, 0.25) is 0 Å². The molecule has 2 aliphatic carbocycles. The molecule has 72 heavy (non-hydrogen) atoms. The maximum Gasteiger partial charge on any atom is 0.416 e. The van der Waals surface area contributed by atoms with E-state index in [1.54, 1.807) is 35.2 Å². The van der Waals surface area contributed by atoms with E-state index in [9.17, 15) is 25.1 Å². The highest BCUT2D eigenvalue weighted by Gasteiger charge is 2.66. The number of carbonyl (C=O) groups is 2. The second-order valence-corrected chi connectivity index (χ2v) is 19.5. The molecule has 5 aromatic carbocycles. The number of aliphatic hydroxyl groups excluding tert-OH is 2. The van der Waals surface area contributed by atoms with E-state index in [-0.39, 0.29) is 62.0 Å². The number of aliphatic hydroxyl groups is 2. The van der Waals surface area contributed by atoms with E-state index in [4.69, 9.17) is 33.7 Å². The molecule has 0 aromatic heterocycles. The first-order valence-electron chi connectivity index (χ1n) is 24.6. The summed E-state index contributed by atoms with van der Waals surface area (Å²) in [5, 5.41) is 38.6. The number of nitrogens with zero attached hydrogens (tertiary/aromatic N) is 3. The minimum Gasteiger partial charge on any atom is -0.496 e. The zero-order chi connectivity index (χ0) is 51.0. The van der Waals surface area contributed by atoms with Crippen molar-refractivity contribution < 1.29 is 53.2 Å². The van der Waals surface area contributed by atoms with Crippen LogP contribution < -0.4 is 18.9 Å². The summed E-state index contributed by atoms with van der Waals surface area (Å²) in [4.78, 5) is 46.5. The van der Waals surface area contributed by atoms with Crippen LogP contribution in [-0.2, 0) is 16.1 Å². The Hall–Kier alpha value is -7.07. The maximum absolute atomic E-state index is 15.4. The van der Waals surface area contributed by atoms with Crippen molar-refractivity contribution in [1.29, 1.82) is 0 Å².